The lowest BCUT2D eigenvalue weighted by Crippen LogP contribution is -2.49. The van der Waals surface area contributed by atoms with E-state index in [9.17, 15) is 4.79 Å². The van der Waals surface area contributed by atoms with Crippen molar-refractivity contribution < 1.29 is 9.53 Å². The zero-order chi connectivity index (χ0) is 24.9. The molecule has 9 heteroatoms. The Morgan fingerprint density at radius 1 is 1.14 bits per heavy atom. The molecule has 1 aliphatic rings. The summed E-state index contributed by atoms with van der Waals surface area (Å²) in [5.74, 6) is -0.325. The second kappa shape index (κ2) is 11.3. The van der Waals surface area contributed by atoms with Crippen molar-refractivity contribution >= 4 is 39.6 Å². The Morgan fingerprint density at radius 2 is 1.86 bits per heavy atom. The van der Waals surface area contributed by atoms with Crippen molar-refractivity contribution in [2.45, 2.75) is 40.8 Å². The molecule has 35 heavy (non-hydrogen) atoms. The van der Waals surface area contributed by atoms with Crippen LogP contribution in [0.3, 0.4) is 0 Å². The maximum absolute atomic E-state index is 13.0. The van der Waals surface area contributed by atoms with E-state index in [1.807, 2.05) is 55.1 Å². The van der Waals surface area contributed by atoms with Crippen molar-refractivity contribution in [2.75, 3.05) is 38.1 Å². The fraction of sp³-hybridized carbons (Fsp3) is 0.423. The summed E-state index contributed by atoms with van der Waals surface area (Å²) in [6.07, 6.45) is 1.98. The predicted octanol–water partition coefficient (Wildman–Crippen LogP) is 4.94. The molecule has 0 radical (unpaired) electrons. The average Bonchev–Trinajstić information content (AvgIpc) is 3.38. The number of rotatable bonds is 7. The monoisotopic (exact) mass is 511 g/mol. The Kier molecular flexibility index (Phi) is 8.20. The Labute approximate surface area is 216 Å². The van der Waals surface area contributed by atoms with E-state index >= 15 is 0 Å². The van der Waals surface area contributed by atoms with Gasteiger partial charge >= 0.3 is 5.97 Å². The highest BCUT2D eigenvalue weighted by Gasteiger charge is 2.27. The van der Waals surface area contributed by atoms with E-state index < -0.39 is 0 Å². The number of piperazine rings is 1. The number of anilines is 1. The molecule has 0 unspecified atom stereocenters. The van der Waals surface area contributed by atoms with E-state index in [0.29, 0.717) is 17.3 Å². The third-order valence-electron chi connectivity index (χ3n) is 6.40. The fourth-order valence-electron chi connectivity index (χ4n) is 4.47. The summed E-state index contributed by atoms with van der Waals surface area (Å²) in [6, 6.07) is 9.97. The van der Waals surface area contributed by atoms with Gasteiger partial charge in [-0.15, -0.1) is 11.3 Å². The van der Waals surface area contributed by atoms with Gasteiger partial charge in [0.15, 0.2) is 5.11 Å². The largest absolute Gasteiger partial charge is 0.462 e. The number of carbonyl (C=O) groups is 1. The number of carbonyl (C=O) groups excluding carboxylic acids is 1. The third-order valence-corrected chi connectivity index (χ3v) is 7.79. The number of ether oxygens (including phenoxy) is 1. The number of nitrogens with zero attached hydrogens (tertiary/aromatic N) is 4. The number of hydrogen-bond acceptors (Lipinski definition) is 6. The van der Waals surface area contributed by atoms with Gasteiger partial charge in [-0.05, 0) is 45.5 Å². The van der Waals surface area contributed by atoms with Crippen LogP contribution in [0.4, 0.5) is 5.00 Å². The van der Waals surface area contributed by atoms with E-state index in [0.717, 1.165) is 60.3 Å². The number of benzene rings is 1. The number of hydrogen-bond donors (Lipinski definition) is 1. The standard InChI is InChI=1S/C26H33N5O2S2/c1-5-31-18(3)21(16-27-31)17-29-12-14-30(15-13-29)26(34)28-24-23(25(32)33-6-2)22(19(4)35-24)20-10-8-7-9-11-20/h7-11,16H,5-6,12-15,17H2,1-4H3,(H,28,34). The number of nitrogens with one attached hydrogen (secondary N) is 1. The van der Waals surface area contributed by atoms with Gasteiger partial charge in [0.05, 0.1) is 12.8 Å². The minimum Gasteiger partial charge on any atom is -0.462 e. The van der Waals surface area contributed by atoms with Crippen LogP contribution in [-0.2, 0) is 17.8 Å². The fourth-order valence-corrected chi connectivity index (χ4v) is 5.88. The maximum Gasteiger partial charge on any atom is 0.341 e. The Hall–Kier alpha value is -2.75. The van der Waals surface area contributed by atoms with E-state index in [2.05, 4.69) is 34.1 Å². The molecule has 3 aromatic rings. The number of thiocarbonyl (C=S) groups is 1. The Balaban J connectivity index is 1.45. The molecule has 1 aromatic carbocycles. The van der Waals surface area contributed by atoms with Gasteiger partial charge in [0.25, 0.3) is 0 Å². The van der Waals surface area contributed by atoms with Crippen molar-refractivity contribution in [3.63, 3.8) is 0 Å². The van der Waals surface area contributed by atoms with Crippen LogP contribution in [0.5, 0.6) is 0 Å². The zero-order valence-electron chi connectivity index (χ0n) is 20.8. The van der Waals surface area contributed by atoms with Gasteiger partial charge in [-0.2, -0.15) is 5.10 Å². The molecule has 0 saturated carbocycles. The van der Waals surface area contributed by atoms with Gasteiger partial charge in [-0.25, -0.2) is 4.79 Å². The summed E-state index contributed by atoms with van der Waals surface area (Å²) in [7, 11) is 0. The van der Waals surface area contributed by atoms with E-state index in [1.165, 1.54) is 11.3 Å². The summed E-state index contributed by atoms with van der Waals surface area (Å²) in [6.45, 7) is 13.7. The average molecular weight is 512 g/mol. The molecule has 1 aliphatic heterocycles. The minimum atomic E-state index is -0.325. The summed E-state index contributed by atoms with van der Waals surface area (Å²) < 4.78 is 7.46. The Morgan fingerprint density at radius 3 is 2.49 bits per heavy atom. The molecule has 0 spiro atoms. The highest BCUT2D eigenvalue weighted by Crippen LogP contribution is 2.40. The molecule has 0 bridgehead atoms. The van der Waals surface area contributed by atoms with Crippen LogP contribution < -0.4 is 5.32 Å². The second-order valence-corrected chi connectivity index (χ2v) is 10.2. The van der Waals surface area contributed by atoms with Crippen molar-refractivity contribution in [1.29, 1.82) is 0 Å². The first-order valence-electron chi connectivity index (χ1n) is 12.1. The molecule has 0 aliphatic carbocycles. The summed E-state index contributed by atoms with van der Waals surface area (Å²) in [5, 5.41) is 9.24. The lowest BCUT2D eigenvalue weighted by molar-refractivity contribution is 0.0529. The molecule has 1 saturated heterocycles. The first-order chi connectivity index (χ1) is 16.9. The molecule has 3 heterocycles. The van der Waals surface area contributed by atoms with Crippen molar-refractivity contribution in [3.05, 3.63) is 58.2 Å². The van der Waals surface area contributed by atoms with Gasteiger partial charge in [0, 0.05) is 61.0 Å². The molecule has 4 rings (SSSR count). The molecule has 186 valence electrons. The zero-order valence-corrected chi connectivity index (χ0v) is 22.5. The summed E-state index contributed by atoms with van der Waals surface area (Å²) in [5.41, 5.74) is 4.99. The van der Waals surface area contributed by atoms with Crippen molar-refractivity contribution in [1.82, 2.24) is 19.6 Å². The molecule has 0 atom stereocenters. The SMILES string of the molecule is CCOC(=O)c1c(NC(=S)N2CCN(Cc3cnn(CC)c3C)CC2)sc(C)c1-c1ccccc1. The van der Waals surface area contributed by atoms with Crippen LogP contribution in [0.15, 0.2) is 36.5 Å². The lowest BCUT2D eigenvalue weighted by Gasteiger charge is -2.36. The van der Waals surface area contributed by atoms with Crippen LogP contribution in [0.25, 0.3) is 11.1 Å². The predicted molar refractivity (Wildman–Crippen MR) is 146 cm³/mol. The topological polar surface area (TPSA) is 62.6 Å². The van der Waals surface area contributed by atoms with E-state index in [1.54, 1.807) is 11.3 Å². The maximum atomic E-state index is 13.0. The van der Waals surface area contributed by atoms with Crippen molar-refractivity contribution in [3.8, 4) is 11.1 Å². The summed E-state index contributed by atoms with van der Waals surface area (Å²) in [4.78, 5) is 18.6. The van der Waals surface area contributed by atoms with Gasteiger partial charge in [-0.3, -0.25) is 9.58 Å². The quantitative estimate of drug-likeness (QED) is 0.356. The van der Waals surface area contributed by atoms with Crippen molar-refractivity contribution in [2.24, 2.45) is 0 Å². The van der Waals surface area contributed by atoms with Crippen LogP contribution >= 0.6 is 23.6 Å². The first-order valence-corrected chi connectivity index (χ1v) is 13.3. The number of aromatic nitrogens is 2. The third kappa shape index (κ3) is 5.58. The number of aryl methyl sites for hydroxylation is 2. The van der Waals surface area contributed by atoms with Crippen LogP contribution in [0, 0.1) is 13.8 Å². The van der Waals surface area contributed by atoms with Gasteiger partial charge in [0.1, 0.15) is 10.6 Å². The molecular weight excluding hydrogens is 478 g/mol. The van der Waals surface area contributed by atoms with Gasteiger partial charge in [0.2, 0.25) is 0 Å². The molecule has 0 amide bonds. The second-order valence-electron chi connectivity index (χ2n) is 8.59. The summed E-state index contributed by atoms with van der Waals surface area (Å²) >= 11 is 7.33. The molecule has 1 fully saturated rings. The smallest absolute Gasteiger partial charge is 0.341 e. The van der Waals surface area contributed by atoms with Gasteiger partial charge in [-0.1, -0.05) is 30.3 Å². The van der Waals surface area contributed by atoms with Crippen LogP contribution in [0.2, 0.25) is 0 Å². The molecule has 1 N–H and O–H groups in total. The molecule has 7 nitrogen and oxygen atoms in total. The van der Waals surface area contributed by atoms with Crippen LogP contribution in [0.1, 0.15) is 40.3 Å². The van der Waals surface area contributed by atoms with E-state index in [4.69, 9.17) is 17.0 Å². The highest BCUT2D eigenvalue weighted by atomic mass is 32.1. The molecule has 2 aromatic heterocycles. The van der Waals surface area contributed by atoms with E-state index in [-0.39, 0.29) is 5.97 Å². The Bertz CT molecular complexity index is 1180. The highest BCUT2D eigenvalue weighted by molar-refractivity contribution is 7.80. The number of esters is 1. The van der Waals surface area contributed by atoms with Gasteiger partial charge < -0.3 is 15.0 Å². The first kappa shape index (κ1) is 25.3. The molecular formula is C26H33N5O2S2. The normalized spacial score (nSPS) is 14.2. The minimum absolute atomic E-state index is 0.324. The lowest BCUT2D eigenvalue weighted by atomic mass is 10.0. The number of thiophene rings is 1. The van der Waals surface area contributed by atoms with Crippen LogP contribution in [-0.4, -0.2) is 63.4 Å².